The third kappa shape index (κ3) is 2.43. The van der Waals surface area contributed by atoms with E-state index < -0.39 is 5.41 Å². The maximum atomic E-state index is 12.2. The molecule has 4 nitrogen and oxygen atoms in total. The SMILES string of the molecule is COC(=O)C(C)(c1ccc(Cl)cc1)c1csc(N)n1. The highest BCUT2D eigenvalue weighted by Crippen LogP contribution is 2.35. The number of ether oxygens (including phenoxy) is 1. The molecule has 6 heteroatoms. The Labute approximate surface area is 120 Å². The van der Waals surface area contributed by atoms with Gasteiger partial charge in [-0.15, -0.1) is 11.3 Å². The normalized spacial score (nSPS) is 13.8. The topological polar surface area (TPSA) is 65.2 Å². The van der Waals surface area contributed by atoms with Crippen molar-refractivity contribution >= 4 is 34.0 Å². The minimum atomic E-state index is -0.993. The molecule has 0 saturated heterocycles. The zero-order chi connectivity index (χ0) is 14.0. The van der Waals surface area contributed by atoms with Crippen LogP contribution in [-0.2, 0) is 14.9 Å². The van der Waals surface area contributed by atoms with Crippen LogP contribution in [0.3, 0.4) is 0 Å². The molecule has 0 aliphatic carbocycles. The summed E-state index contributed by atoms with van der Waals surface area (Å²) in [5.41, 5.74) is 5.99. The van der Waals surface area contributed by atoms with Gasteiger partial charge in [0.15, 0.2) is 5.13 Å². The molecule has 0 radical (unpaired) electrons. The smallest absolute Gasteiger partial charge is 0.322 e. The second-order valence-electron chi connectivity index (χ2n) is 4.19. The number of hydrogen-bond donors (Lipinski definition) is 1. The predicted octanol–water partition coefficient (Wildman–Crippen LogP) is 2.86. The van der Waals surface area contributed by atoms with Crippen molar-refractivity contribution in [3.05, 3.63) is 45.9 Å². The molecule has 0 saturated carbocycles. The highest BCUT2D eigenvalue weighted by molar-refractivity contribution is 7.13. The summed E-state index contributed by atoms with van der Waals surface area (Å²) in [5.74, 6) is -0.389. The highest BCUT2D eigenvalue weighted by Gasteiger charge is 2.40. The number of thiazole rings is 1. The summed E-state index contributed by atoms with van der Waals surface area (Å²) < 4.78 is 4.92. The lowest BCUT2D eigenvalue weighted by Gasteiger charge is -2.25. The number of aromatic nitrogens is 1. The van der Waals surface area contributed by atoms with Crippen LogP contribution >= 0.6 is 22.9 Å². The molecule has 0 aliphatic heterocycles. The van der Waals surface area contributed by atoms with E-state index in [0.717, 1.165) is 5.56 Å². The number of carbonyl (C=O) groups is 1. The first-order chi connectivity index (χ1) is 8.98. The molecule has 0 aliphatic rings. The van der Waals surface area contributed by atoms with E-state index in [0.29, 0.717) is 15.8 Å². The molecule has 0 fully saturated rings. The summed E-state index contributed by atoms with van der Waals surface area (Å²) in [6.07, 6.45) is 0. The van der Waals surface area contributed by atoms with Crippen molar-refractivity contribution in [3.63, 3.8) is 0 Å². The molecular formula is C13H13ClN2O2S. The van der Waals surface area contributed by atoms with Crippen LogP contribution in [0.4, 0.5) is 5.13 Å². The maximum absolute atomic E-state index is 12.2. The van der Waals surface area contributed by atoms with Gasteiger partial charge in [-0.2, -0.15) is 0 Å². The zero-order valence-corrected chi connectivity index (χ0v) is 12.1. The third-order valence-corrected chi connectivity index (χ3v) is 3.98. The molecule has 1 heterocycles. The van der Waals surface area contributed by atoms with E-state index in [9.17, 15) is 4.79 Å². The number of hydrogen-bond acceptors (Lipinski definition) is 5. The van der Waals surface area contributed by atoms with Crippen molar-refractivity contribution in [1.29, 1.82) is 0 Å². The van der Waals surface area contributed by atoms with Gasteiger partial charge in [0.05, 0.1) is 12.8 Å². The summed E-state index contributed by atoms with van der Waals surface area (Å²) in [5, 5.41) is 2.79. The Morgan fingerprint density at radius 2 is 2.05 bits per heavy atom. The van der Waals surface area contributed by atoms with Gasteiger partial charge < -0.3 is 10.5 Å². The highest BCUT2D eigenvalue weighted by atomic mass is 35.5. The van der Waals surface area contributed by atoms with Crippen LogP contribution in [-0.4, -0.2) is 18.1 Å². The second-order valence-corrected chi connectivity index (χ2v) is 5.52. The lowest BCUT2D eigenvalue weighted by atomic mass is 9.80. The summed E-state index contributed by atoms with van der Waals surface area (Å²) >= 11 is 7.17. The van der Waals surface area contributed by atoms with Crippen molar-refractivity contribution in [2.24, 2.45) is 0 Å². The number of rotatable bonds is 3. The fourth-order valence-corrected chi connectivity index (χ4v) is 2.67. The Balaban J connectivity index is 2.58. The average molecular weight is 297 g/mol. The predicted molar refractivity (Wildman–Crippen MR) is 76.4 cm³/mol. The van der Waals surface area contributed by atoms with Gasteiger partial charge in [-0.25, -0.2) is 4.98 Å². The van der Waals surface area contributed by atoms with Crippen LogP contribution < -0.4 is 5.73 Å². The first kappa shape index (κ1) is 13.8. The Morgan fingerprint density at radius 1 is 1.42 bits per heavy atom. The van der Waals surface area contributed by atoms with Gasteiger partial charge in [0.25, 0.3) is 0 Å². The van der Waals surface area contributed by atoms with Crippen LogP contribution in [0.2, 0.25) is 5.02 Å². The number of anilines is 1. The van der Waals surface area contributed by atoms with Gasteiger partial charge in [0.2, 0.25) is 0 Å². The molecule has 1 aromatic carbocycles. The monoisotopic (exact) mass is 296 g/mol. The van der Waals surface area contributed by atoms with Gasteiger partial charge in [0, 0.05) is 10.4 Å². The molecule has 2 N–H and O–H groups in total. The zero-order valence-electron chi connectivity index (χ0n) is 10.5. The number of halogens is 1. The number of benzene rings is 1. The Hall–Kier alpha value is -1.59. The standard InChI is InChI=1S/C13H13ClN2O2S/c1-13(11(17)18-2,10-7-19-12(15)16-10)8-3-5-9(14)6-4-8/h3-7H,1-2H3,(H2,15,16). The van der Waals surface area contributed by atoms with Crippen LogP contribution in [0.5, 0.6) is 0 Å². The number of nitrogen functional groups attached to an aromatic ring is 1. The molecule has 0 amide bonds. The van der Waals surface area contributed by atoms with Crippen LogP contribution in [0, 0.1) is 0 Å². The first-order valence-corrected chi connectivity index (χ1v) is 6.80. The fraction of sp³-hybridized carbons (Fsp3) is 0.231. The number of nitrogens with two attached hydrogens (primary N) is 1. The van der Waals surface area contributed by atoms with Crippen molar-refractivity contribution in [3.8, 4) is 0 Å². The molecule has 2 aromatic rings. The third-order valence-electron chi connectivity index (χ3n) is 3.05. The van der Waals surface area contributed by atoms with Gasteiger partial charge in [-0.3, -0.25) is 4.79 Å². The van der Waals surface area contributed by atoms with Crippen LogP contribution in [0.15, 0.2) is 29.6 Å². The maximum Gasteiger partial charge on any atom is 0.322 e. The summed E-state index contributed by atoms with van der Waals surface area (Å²) in [4.78, 5) is 16.4. The van der Waals surface area contributed by atoms with Crippen molar-refractivity contribution in [2.45, 2.75) is 12.3 Å². The molecule has 1 atom stereocenters. The molecular weight excluding hydrogens is 284 g/mol. The van der Waals surface area contributed by atoms with Gasteiger partial charge in [0.1, 0.15) is 5.41 Å². The summed E-state index contributed by atoms with van der Waals surface area (Å²) in [7, 11) is 1.35. The number of methoxy groups -OCH3 is 1. The van der Waals surface area contributed by atoms with E-state index in [1.807, 2.05) is 0 Å². The molecule has 0 spiro atoms. The Morgan fingerprint density at radius 3 is 2.53 bits per heavy atom. The number of carbonyl (C=O) groups excluding carboxylic acids is 1. The van der Waals surface area contributed by atoms with Crippen LogP contribution in [0.25, 0.3) is 0 Å². The summed E-state index contributed by atoms with van der Waals surface area (Å²) in [6.45, 7) is 1.76. The Bertz CT molecular complexity index is 597. The van der Waals surface area contributed by atoms with Gasteiger partial charge in [-0.1, -0.05) is 23.7 Å². The molecule has 1 unspecified atom stereocenters. The first-order valence-electron chi connectivity index (χ1n) is 5.54. The van der Waals surface area contributed by atoms with E-state index in [2.05, 4.69) is 4.98 Å². The van der Waals surface area contributed by atoms with Crippen LogP contribution in [0.1, 0.15) is 18.2 Å². The largest absolute Gasteiger partial charge is 0.468 e. The van der Waals surface area contributed by atoms with E-state index in [-0.39, 0.29) is 5.97 Å². The lowest BCUT2D eigenvalue weighted by molar-refractivity contribution is -0.145. The van der Waals surface area contributed by atoms with E-state index in [1.165, 1.54) is 18.4 Å². The number of nitrogens with zero attached hydrogens (tertiary/aromatic N) is 1. The molecule has 100 valence electrons. The van der Waals surface area contributed by atoms with Gasteiger partial charge >= 0.3 is 5.97 Å². The summed E-state index contributed by atoms with van der Waals surface area (Å²) in [6, 6.07) is 7.03. The Kier molecular flexibility index (Phi) is 3.78. The van der Waals surface area contributed by atoms with Crippen molar-refractivity contribution in [2.75, 3.05) is 12.8 Å². The minimum absolute atomic E-state index is 0.389. The molecule has 1 aromatic heterocycles. The quantitative estimate of drug-likeness (QED) is 0.885. The van der Waals surface area contributed by atoms with Gasteiger partial charge in [-0.05, 0) is 24.6 Å². The molecule has 0 bridgehead atoms. The fourth-order valence-electron chi connectivity index (χ4n) is 1.87. The van der Waals surface area contributed by atoms with Crippen molar-refractivity contribution in [1.82, 2.24) is 4.98 Å². The van der Waals surface area contributed by atoms with Crippen molar-refractivity contribution < 1.29 is 9.53 Å². The lowest BCUT2D eigenvalue weighted by Crippen LogP contribution is -2.35. The average Bonchev–Trinajstić information content (AvgIpc) is 2.84. The second kappa shape index (κ2) is 5.19. The van der Waals surface area contributed by atoms with E-state index >= 15 is 0 Å². The molecule has 2 rings (SSSR count). The van der Waals surface area contributed by atoms with E-state index in [4.69, 9.17) is 22.1 Å². The minimum Gasteiger partial charge on any atom is -0.468 e. The van der Waals surface area contributed by atoms with E-state index in [1.54, 1.807) is 36.6 Å². The molecule has 19 heavy (non-hydrogen) atoms. The number of esters is 1.